The highest BCUT2D eigenvalue weighted by molar-refractivity contribution is 6.00. The van der Waals surface area contributed by atoms with E-state index < -0.39 is 11.9 Å². The Kier molecular flexibility index (Phi) is 9.36. The van der Waals surface area contributed by atoms with Crippen LogP contribution in [0.4, 0.5) is 0 Å². The quantitative estimate of drug-likeness (QED) is 0.324. The standard InChI is InChI=1S/C27H31N3O4/c1-21(31)25(19-23-10-5-11-24(18-23)27(33)34-17-6-12-28)26(32)30-14-7-13-29(15-16-30)20-22-8-3-2-4-9-22/h2-5,8-11,18,25H,6-7,13-17,19-20H2,1H3. The van der Waals surface area contributed by atoms with Crippen molar-refractivity contribution in [1.29, 1.82) is 5.26 Å². The molecule has 1 unspecified atom stereocenters. The van der Waals surface area contributed by atoms with Crippen LogP contribution >= 0.6 is 0 Å². The molecular formula is C27H31N3O4. The van der Waals surface area contributed by atoms with Gasteiger partial charge in [0.2, 0.25) is 5.91 Å². The monoisotopic (exact) mass is 461 g/mol. The number of hydrogen-bond acceptors (Lipinski definition) is 6. The number of benzene rings is 2. The summed E-state index contributed by atoms with van der Waals surface area (Å²) in [5.41, 5.74) is 2.32. The molecule has 2 aromatic rings. The summed E-state index contributed by atoms with van der Waals surface area (Å²) in [5.74, 6) is -1.65. The van der Waals surface area contributed by atoms with Gasteiger partial charge in [-0.15, -0.1) is 0 Å². The molecule has 3 rings (SSSR count). The van der Waals surface area contributed by atoms with Crippen LogP contribution in [0, 0.1) is 17.2 Å². The van der Waals surface area contributed by atoms with Gasteiger partial charge >= 0.3 is 5.97 Å². The number of carbonyl (C=O) groups excluding carboxylic acids is 3. The van der Waals surface area contributed by atoms with Gasteiger partial charge in [0.05, 0.1) is 18.1 Å². The maximum atomic E-state index is 13.3. The second-order valence-corrected chi connectivity index (χ2v) is 8.55. The minimum Gasteiger partial charge on any atom is -0.461 e. The van der Waals surface area contributed by atoms with E-state index in [-0.39, 0.29) is 31.1 Å². The molecule has 7 nitrogen and oxygen atoms in total. The zero-order valence-corrected chi connectivity index (χ0v) is 19.6. The summed E-state index contributed by atoms with van der Waals surface area (Å²) in [5, 5.41) is 8.59. The van der Waals surface area contributed by atoms with Crippen LogP contribution in [0.2, 0.25) is 0 Å². The topological polar surface area (TPSA) is 90.7 Å². The van der Waals surface area contributed by atoms with Crippen LogP contribution in [-0.2, 0) is 27.3 Å². The maximum Gasteiger partial charge on any atom is 0.338 e. The van der Waals surface area contributed by atoms with Crippen LogP contribution in [0.15, 0.2) is 54.6 Å². The predicted octanol–water partition coefficient (Wildman–Crippen LogP) is 3.24. The van der Waals surface area contributed by atoms with Crippen molar-refractivity contribution in [1.82, 2.24) is 9.80 Å². The minimum absolute atomic E-state index is 0.0321. The zero-order chi connectivity index (χ0) is 24.3. The van der Waals surface area contributed by atoms with Gasteiger partial charge in [-0.3, -0.25) is 14.5 Å². The summed E-state index contributed by atoms with van der Waals surface area (Å²) in [6, 6.07) is 19.0. The molecule has 1 fully saturated rings. The van der Waals surface area contributed by atoms with E-state index in [2.05, 4.69) is 17.0 Å². The number of Topliss-reactive ketones (excluding diaryl/α,β-unsaturated/α-hetero) is 1. The van der Waals surface area contributed by atoms with Gasteiger partial charge in [0, 0.05) is 32.7 Å². The third-order valence-electron chi connectivity index (χ3n) is 5.99. The summed E-state index contributed by atoms with van der Waals surface area (Å²) >= 11 is 0. The predicted molar refractivity (Wildman–Crippen MR) is 128 cm³/mol. The smallest absolute Gasteiger partial charge is 0.338 e. The van der Waals surface area contributed by atoms with Crippen LogP contribution < -0.4 is 0 Å². The van der Waals surface area contributed by atoms with Crippen molar-refractivity contribution >= 4 is 17.7 Å². The lowest BCUT2D eigenvalue weighted by Crippen LogP contribution is -2.41. The second kappa shape index (κ2) is 12.7. The van der Waals surface area contributed by atoms with E-state index in [0.29, 0.717) is 18.7 Å². The molecule has 1 heterocycles. The second-order valence-electron chi connectivity index (χ2n) is 8.55. The van der Waals surface area contributed by atoms with Gasteiger partial charge in [0.15, 0.2) is 0 Å². The lowest BCUT2D eigenvalue weighted by Gasteiger charge is -2.25. The van der Waals surface area contributed by atoms with Crippen LogP contribution in [0.25, 0.3) is 0 Å². The fourth-order valence-electron chi connectivity index (χ4n) is 4.15. The fraction of sp³-hybridized carbons (Fsp3) is 0.407. The van der Waals surface area contributed by atoms with Gasteiger partial charge in [0.1, 0.15) is 18.3 Å². The van der Waals surface area contributed by atoms with E-state index in [9.17, 15) is 14.4 Å². The first kappa shape index (κ1) is 25.1. The van der Waals surface area contributed by atoms with Crippen molar-refractivity contribution in [3.05, 3.63) is 71.3 Å². The van der Waals surface area contributed by atoms with Gasteiger partial charge < -0.3 is 9.64 Å². The molecule has 178 valence electrons. The molecular weight excluding hydrogens is 430 g/mol. The number of nitrogens with zero attached hydrogens (tertiary/aromatic N) is 3. The number of amides is 1. The largest absolute Gasteiger partial charge is 0.461 e. The number of carbonyl (C=O) groups is 3. The molecule has 1 amide bonds. The molecule has 7 heteroatoms. The summed E-state index contributed by atoms with van der Waals surface area (Å²) in [6.07, 6.45) is 1.22. The molecule has 0 radical (unpaired) electrons. The first-order valence-electron chi connectivity index (χ1n) is 11.7. The highest BCUT2D eigenvalue weighted by Crippen LogP contribution is 2.18. The molecule has 2 aromatic carbocycles. The average Bonchev–Trinajstić information content (AvgIpc) is 3.08. The van der Waals surface area contributed by atoms with E-state index in [1.165, 1.54) is 12.5 Å². The number of nitriles is 1. The van der Waals surface area contributed by atoms with Gasteiger partial charge in [-0.1, -0.05) is 42.5 Å². The van der Waals surface area contributed by atoms with E-state index in [1.807, 2.05) is 24.3 Å². The SMILES string of the molecule is CC(=O)C(Cc1cccc(C(=O)OCCC#N)c1)C(=O)N1CCCN(Cc2ccccc2)CC1. The Morgan fingerprint density at radius 3 is 2.50 bits per heavy atom. The van der Waals surface area contributed by atoms with Gasteiger partial charge in [-0.05, 0) is 43.0 Å². The van der Waals surface area contributed by atoms with E-state index in [0.717, 1.165) is 31.6 Å². The van der Waals surface area contributed by atoms with Crippen LogP contribution in [0.3, 0.4) is 0 Å². The highest BCUT2D eigenvalue weighted by Gasteiger charge is 2.30. The van der Waals surface area contributed by atoms with Crippen LogP contribution in [0.1, 0.15) is 41.3 Å². The molecule has 0 saturated carbocycles. The normalized spacial score (nSPS) is 15.1. The Balaban J connectivity index is 1.62. The molecule has 0 spiro atoms. The van der Waals surface area contributed by atoms with Crippen molar-refractivity contribution in [3.63, 3.8) is 0 Å². The number of ether oxygens (including phenoxy) is 1. The summed E-state index contributed by atoms with van der Waals surface area (Å²) in [7, 11) is 0. The van der Waals surface area contributed by atoms with Gasteiger partial charge in [0.25, 0.3) is 0 Å². The van der Waals surface area contributed by atoms with Crippen molar-refractivity contribution in [3.8, 4) is 6.07 Å². The van der Waals surface area contributed by atoms with Crippen molar-refractivity contribution < 1.29 is 19.1 Å². The maximum absolute atomic E-state index is 13.3. The van der Waals surface area contributed by atoms with Crippen LogP contribution in [0.5, 0.6) is 0 Å². The minimum atomic E-state index is -0.787. The first-order valence-corrected chi connectivity index (χ1v) is 11.7. The molecule has 1 atom stereocenters. The summed E-state index contributed by atoms with van der Waals surface area (Å²) in [6.45, 7) is 5.19. The van der Waals surface area contributed by atoms with Crippen molar-refractivity contribution in [2.24, 2.45) is 5.92 Å². The molecule has 1 saturated heterocycles. The Morgan fingerprint density at radius 1 is 1.00 bits per heavy atom. The Bertz CT molecular complexity index is 1030. The van der Waals surface area contributed by atoms with Gasteiger partial charge in [-0.2, -0.15) is 5.26 Å². The van der Waals surface area contributed by atoms with Crippen molar-refractivity contribution in [2.45, 2.75) is 32.7 Å². The van der Waals surface area contributed by atoms with E-state index >= 15 is 0 Å². The molecule has 0 bridgehead atoms. The molecule has 0 aliphatic carbocycles. The molecule has 34 heavy (non-hydrogen) atoms. The number of rotatable bonds is 9. The Morgan fingerprint density at radius 2 is 1.76 bits per heavy atom. The number of ketones is 1. The van der Waals surface area contributed by atoms with Gasteiger partial charge in [-0.25, -0.2) is 4.79 Å². The lowest BCUT2D eigenvalue weighted by molar-refractivity contribution is -0.140. The number of esters is 1. The summed E-state index contributed by atoms with van der Waals surface area (Å²) in [4.78, 5) is 42.1. The third-order valence-corrected chi connectivity index (χ3v) is 5.99. The number of hydrogen-bond donors (Lipinski definition) is 0. The molecule has 1 aliphatic heterocycles. The average molecular weight is 462 g/mol. The zero-order valence-electron chi connectivity index (χ0n) is 19.6. The fourth-order valence-corrected chi connectivity index (χ4v) is 4.15. The third kappa shape index (κ3) is 7.26. The van der Waals surface area contributed by atoms with Crippen molar-refractivity contribution in [2.75, 3.05) is 32.8 Å². The molecule has 1 aliphatic rings. The first-order chi connectivity index (χ1) is 16.5. The Hall–Kier alpha value is -3.50. The van der Waals surface area contributed by atoms with Crippen LogP contribution in [-0.4, -0.2) is 60.2 Å². The molecule has 0 aromatic heterocycles. The highest BCUT2D eigenvalue weighted by atomic mass is 16.5. The Labute approximate surface area is 200 Å². The van der Waals surface area contributed by atoms with E-state index in [1.54, 1.807) is 29.2 Å². The molecule has 0 N–H and O–H groups in total. The lowest BCUT2D eigenvalue weighted by atomic mass is 9.93. The van der Waals surface area contributed by atoms with E-state index in [4.69, 9.17) is 10.00 Å². The summed E-state index contributed by atoms with van der Waals surface area (Å²) < 4.78 is 5.08.